The van der Waals surface area contributed by atoms with E-state index in [4.69, 9.17) is 5.73 Å². The highest BCUT2D eigenvalue weighted by Gasteiger charge is 2.36. The van der Waals surface area contributed by atoms with Gasteiger partial charge in [0.1, 0.15) is 5.69 Å². The molecule has 1 aliphatic rings. The number of halogens is 1. The molecule has 1 fully saturated rings. The maximum Gasteiger partial charge on any atom is 0.274 e. The Kier molecular flexibility index (Phi) is 5.75. The Morgan fingerprint density at radius 2 is 1.92 bits per heavy atom. The lowest BCUT2D eigenvalue weighted by atomic mass is 9.89. The Balaban J connectivity index is 0.00000208. The number of benzene rings is 1. The summed E-state index contributed by atoms with van der Waals surface area (Å²) in [6.07, 6.45) is 0. The van der Waals surface area contributed by atoms with E-state index < -0.39 is 0 Å². The van der Waals surface area contributed by atoms with Gasteiger partial charge in [-0.1, -0.05) is 30.3 Å². The average Bonchev–Trinajstić information content (AvgIpc) is 3.02. The highest BCUT2D eigenvalue weighted by atomic mass is 35.5. The molecule has 7 heteroatoms. The van der Waals surface area contributed by atoms with Crippen molar-refractivity contribution in [1.29, 1.82) is 0 Å². The van der Waals surface area contributed by atoms with Gasteiger partial charge in [0.2, 0.25) is 0 Å². The van der Waals surface area contributed by atoms with Crippen molar-refractivity contribution in [2.45, 2.75) is 5.92 Å². The molecular weight excluding hydrogens is 328 g/mol. The molecule has 2 atom stereocenters. The van der Waals surface area contributed by atoms with Gasteiger partial charge in [0.05, 0.1) is 0 Å². The Morgan fingerprint density at radius 1 is 1.21 bits per heavy atom. The van der Waals surface area contributed by atoms with Crippen LogP contribution in [0.1, 0.15) is 22.0 Å². The molecule has 0 aliphatic carbocycles. The molecule has 0 unspecified atom stereocenters. The van der Waals surface area contributed by atoms with Crippen molar-refractivity contribution in [3.8, 4) is 0 Å². The van der Waals surface area contributed by atoms with Crippen molar-refractivity contribution >= 4 is 18.3 Å². The summed E-state index contributed by atoms with van der Waals surface area (Å²) in [4.78, 5) is 25.8. The molecule has 0 spiro atoms. The van der Waals surface area contributed by atoms with E-state index in [-0.39, 0.29) is 41.4 Å². The first-order valence-electron chi connectivity index (χ1n) is 7.69. The monoisotopic (exact) mass is 348 g/mol. The molecule has 128 valence electrons. The predicted molar refractivity (Wildman–Crippen MR) is 94.4 cm³/mol. The molecule has 1 aromatic heterocycles. The third kappa shape index (κ3) is 3.49. The molecule has 1 amide bonds. The number of likely N-dealkylation sites (tertiary alicyclic amines) is 1. The van der Waals surface area contributed by atoms with Crippen LogP contribution in [0, 0.1) is 5.92 Å². The number of nitrogens with zero attached hydrogens (tertiary/aromatic N) is 3. The molecule has 2 N–H and O–H groups in total. The summed E-state index contributed by atoms with van der Waals surface area (Å²) in [5, 5.41) is 4.05. The molecule has 6 nitrogen and oxygen atoms in total. The lowest BCUT2D eigenvalue weighted by Gasteiger charge is -2.16. The van der Waals surface area contributed by atoms with Gasteiger partial charge in [0, 0.05) is 32.1 Å². The number of hydrogen-bond acceptors (Lipinski definition) is 4. The first kappa shape index (κ1) is 18.2. The molecule has 24 heavy (non-hydrogen) atoms. The molecule has 0 bridgehead atoms. The molecule has 2 aromatic rings. The van der Waals surface area contributed by atoms with Crippen molar-refractivity contribution in [1.82, 2.24) is 14.7 Å². The van der Waals surface area contributed by atoms with Crippen LogP contribution in [0.3, 0.4) is 0 Å². The van der Waals surface area contributed by atoms with Gasteiger partial charge in [-0.3, -0.25) is 9.59 Å². The van der Waals surface area contributed by atoms with E-state index in [9.17, 15) is 9.59 Å². The van der Waals surface area contributed by atoms with E-state index in [2.05, 4.69) is 17.2 Å². The number of aryl methyl sites for hydroxylation is 1. The minimum atomic E-state index is -0.232. The van der Waals surface area contributed by atoms with Crippen LogP contribution in [0.4, 0.5) is 0 Å². The van der Waals surface area contributed by atoms with Crippen LogP contribution in [0.15, 0.2) is 47.3 Å². The highest BCUT2D eigenvalue weighted by Crippen LogP contribution is 2.32. The number of aromatic nitrogens is 2. The minimum Gasteiger partial charge on any atom is -0.336 e. The summed E-state index contributed by atoms with van der Waals surface area (Å²) in [6.45, 7) is 1.76. The van der Waals surface area contributed by atoms with Gasteiger partial charge in [-0.2, -0.15) is 5.10 Å². The maximum absolute atomic E-state index is 12.7. The second-order valence-electron chi connectivity index (χ2n) is 5.90. The van der Waals surface area contributed by atoms with Crippen LogP contribution in [0.5, 0.6) is 0 Å². The fraction of sp³-hybridized carbons (Fsp3) is 0.353. The number of amides is 1. The molecule has 3 rings (SSSR count). The standard InChI is InChI=1S/C17H20N4O2.ClH/c1-20-16(22)8-7-15(19-20)17(23)21-10-13(9-18)14(11-21)12-5-3-2-4-6-12;/h2-8,13-14H,9-11,18H2,1H3;1H/t13-,14+;/m1./s1. The van der Waals surface area contributed by atoms with Crippen molar-refractivity contribution < 1.29 is 4.79 Å². The van der Waals surface area contributed by atoms with Gasteiger partial charge in [-0.05, 0) is 24.1 Å². The Bertz CT molecular complexity index is 763. The lowest BCUT2D eigenvalue weighted by molar-refractivity contribution is 0.0778. The zero-order valence-electron chi connectivity index (χ0n) is 13.5. The summed E-state index contributed by atoms with van der Waals surface area (Å²) in [6, 6.07) is 13.0. The molecule has 2 heterocycles. The second-order valence-corrected chi connectivity index (χ2v) is 5.90. The average molecular weight is 349 g/mol. The Hall–Kier alpha value is -2.18. The summed E-state index contributed by atoms with van der Waals surface area (Å²) in [7, 11) is 1.54. The van der Waals surface area contributed by atoms with Gasteiger partial charge >= 0.3 is 0 Å². The number of carbonyl (C=O) groups excluding carboxylic acids is 1. The Labute approximate surface area is 146 Å². The van der Waals surface area contributed by atoms with E-state index in [1.54, 1.807) is 11.9 Å². The second kappa shape index (κ2) is 7.59. The quantitative estimate of drug-likeness (QED) is 0.897. The van der Waals surface area contributed by atoms with E-state index in [0.717, 1.165) is 0 Å². The van der Waals surface area contributed by atoms with Crippen LogP contribution in [0.2, 0.25) is 0 Å². The number of hydrogen-bond donors (Lipinski definition) is 1. The van der Waals surface area contributed by atoms with Crippen molar-refractivity contribution in [2.24, 2.45) is 18.7 Å². The number of nitrogens with two attached hydrogens (primary N) is 1. The zero-order valence-corrected chi connectivity index (χ0v) is 14.3. The minimum absolute atomic E-state index is 0. The molecule has 1 aliphatic heterocycles. The Morgan fingerprint density at radius 3 is 2.54 bits per heavy atom. The topological polar surface area (TPSA) is 81.2 Å². The smallest absolute Gasteiger partial charge is 0.274 e. The molecule has 0 radical (unpaired) electrons. The highest BCUT2D eigenvalue weighted by molar-refractivity contribution is 5.92. The molecule has 1 aromatic carbocycles. The maximum atomic E-state index is 12.7. The van der Waals surface area contributed by atoms with Crippen LogP contribution in [-0.2, 0) is 7.05 Å². The summed E-state index contributed by atoms with van der Waals surface area (Å²) in [5.41, 5.74) is 7.17. The van der Waals surface area contributed by atoms with Gasteiger partial charge in [0.25, 0.3) is 11.5 Å². The van der Waals surface area contributed by atoms with Crippen LogP contribution < -0.4 is 11.3 Å². The molecular formula is C17H21ClN4O2. The fourth-order valence-corrected chi connectivity index (χ4v) is 3.13. The molecule has 0 saturated carbocycles. The summed E-state index contributed by atoms with van der Waals surface area (Å²) < 4.78 is 1.18. The molecule has 1 saturated heterocycles. The summed E-state index contributed by atoms with van der Waals surface area (Å²) in [5.74, 6) is 0.309. The SMILES string of the molecule is Cl.Cn1nc(C(=O)N2C[C@@H](CN)[C@H](c3ccccc3)C2)ccc1=O. The first-order valence-corrected chi connectivity index (χ1v) is 7.69. The largest absolute Gasteiger partial charge is 0.336 e. The van der Waals surface area contributed by atoms with Crippen LogP contribution >= 0.6 is 12.4 Å². The summed E-state index contributed by atoms with van der Waals surface area (Å²) >= 11 is 0. The van der Waals surface area contributed by atoms with E-state index >= 15 is 0 Å². The fourth-order valence-electron chi connectivity index (χ4n) is 3.13. The van der Waals surface area contributed by atoms with Crippen LogP contribution in [0.25, 0.3) is 0 Å². The predicted octanol–water partition coefficient (Wildman–Crippen LogP) is 1.02. The van der Waals surface area contributed by atoms with Crippen LogP contribution in [-0.4, -0.2) is 40.2 Å². The van der Waals surface area contributed by atoms with E-state index in [0.29, 0.717) is 19.6 Å². The first-order chi connectivity index (χ1) is 11.1. The van der Waals surface area contributed by atoms with Gasteiger partial charge in [0.15, 0.2) is 0 Å². The van der Waals surface area contributed by atoms with E-state index in [1.165, 1.54) is 22.4 Å². The third-order valence-corrected chi connectivity index (χ3v) is 4.44. The van der Waals surface area contributed by atoms with Crippen molar-refractivity contribution in [3.63, 3.8) is 0 Å². The zero-order chi connectivity index (χ0) is 16.4. The van der Waals surface area contributed by atoms with Crippen molar-refractivity contribution in [3.05, 3.63) is 64.1 Å². The third-order valence-electron chi connectivity index (χ3n) is 4.44. The lowest BCUT2D eigenvalue weighted by Crippen LogP contribution is -2.32. The number of rotatable bonds is 3. The van der Waals surface area contributed by atoms with Gasteiger partial charge < -0.3 is 10.6 Å². The normalized spacial score (nSPS) is 19.8. The van der Waals surface area contributed by atoms with E-state index in [1.807, 2.05) is 18.2 Å². The van der Waals surface area contributed by atoms with Crippen molar-refractivity contribution in [2.75, 3.05) is 19.6 Å². The van der Waals surface area contributed by atoms with Gasteiger partial charge in [-0.15, -0.1) is 12.4 Å². The number of carbonyl (C=O) groups is 1. The van der Waals surface area contributed by atoms with Gasteiger partial charge in [-0.25, -0.2) is 4.68 Å².